The topological polar surface area (TPSA) is 40.1 Å². The van der Waals surface area contributed by atoms with Crippen LogP contribution >= 0.6 is 0 Å². The van der Waals surface area contributed by atoms with E-state index in [4.69, 9.17) is 0 Å². The van der Waals surface area contributed by atoms with E-state index in [1.807, 2.05) is 0 Å². The molecule has 1 unspecified atom stereocenters. The Hall–Kier alpha value is -1.14. The summed E-state index contributed by atoms with van der Waals surface area (Å²) in [5.41, 5.74) is -4.48. The molecule has 0 amide bonds. The van der Waals surface area contributed by atoms with Crippen LogP contribution in [0.5, 0.6) is 0 Å². The molecule has 7 heteroatoms. The smallest absolute Gasteiger partial charge is 0.346 e. The van der Waals surface area contributed by atoms with Crippen molar-refractivity contribution in [3.63, 3.8) is 0 Å². The lowest BCUT2D eigenvalue weighted by molar-refractivity contribution is -0.300. The fourth-order valence-electron chi connectivity index (χ4n) is 1.75. The first-order valence-electron chi connectivity index (χ1n) is 4.89. The zero-order valence-corrected chi connectivity index (χ0v) is 8.90. The third-order valence-corrected chi connectivity index (χ3v) is 2.78. The number of halogens is 5. The SMILES string of the molecule is CC(=CC1(F)CCCC(F)(F)C1(F)F)C(=O)[O-]. The van der Waals surface area contributed by atoms with Crippen molar-refractivity contribution in [2.24, 2.45) is 0 Å². The third-order valence-electron chi connectivity index (χ3n) is 2.78. The Labute approximate surface area is 94.1 Å². The Morgan fingerprint density at radius 1 is 1.18 bits per heavy atom. The number of carboxylic acid groups (broad SMARTS) is 1. The van der Waals surface area contributed by atoms with Crippen molar-refractivity contribution in [2.75, 3.05) is 0 Å². The van der Waals surface area contributed by atoms with Gasteiger partial charge in [0.05, 0.1) is 5.97 Å². The molecule has 1 saturated carbocycles. The van der Waals surface area contributed by atoms with Crippen LogP contribution in [0.3, 0.4) is 0 Å². The molecule has 2 nitrogen and oxygen atoms in total. The van der Waals surface area contributed by atoms with Crippen LogP contribution in [0.4, 0.5) is 22.0 Å². The highest BCUT2D eigenvalue weighted by Gasteiger charge is 2.70. The molecular weight excluding hydrogens is 247 g/mol. The summed E-state index contributed by atoms with van der Waals surface area (Å²) in [6.45, 7) is 0.819. The fraction of sp³-hybridized carbons (Fsp3) is 0.700. The summed E-state index contributed by atoms with van der Waals surface area (Å²) in [7, 11) is 0. The van der Waals surface area contributed by atoms with Gasteiger partial charge in [0.25, 0.3) is 0 Å². The molecule has 0 bridgehead atoms. The molecule has 0 N–H and O–H groups in total. The highest BCUT2D eigenvalue weighted by Crippen LogP contribution is 2.53. The number of rotatable bonds is 2. The number of carbonyl (C=O) groups excluding carboxylic acids is 1. The molecule has 17 heavy (non-hydrogen) atoms. The highest BCUT2D eigenvalue weighted by molar-refractivity contribution is 5.84. The summed E-state index contributed by atoms with van der Waals surface area (Å²) in [4.78, 5) is 10.3. The molecule has 0 aromatic rings. The van der Waals surface area contributed by atoms with E-state index < -0.39 is 48.3 Å². The first-order valence-corrected chi connectivity index (χ1v) is 4.89. The van der Waals surface area contributed by atoms with E-state index >= 15 is 0 Å². The molecule has 1 aliphatic carbocycles. The quantitative estimate of drug-likeness (QED) is 0.559. The maximum atomic E-state index is 13.9. The summed E-state index contributed by atoms with van der Waals surface area (Å²) in [6.07, 6.45) is -2.39. The van der Waals surface area contributed by atoms with Gasteiger partial charge in [0.15, 0.2) is 5.67 Å². The number of hydrogen-bond acceptors (Lipinski definition) is 2. The van der Waals surface area contributed by atoms with Gasteiger partial charge in [-0.15, -0.1) is 0 Å². The molecule has 0 saturated heterocycles. The van der Waals surface area contributed by atoms with Crippen LogP contribution in [0.2, 0.25) is 0 Å². The first-order chi connectivity index (χ1) is 7.53. The van der Waals surface area contributed by atoms with Gasteiger partial charge in [0.1, 0.15) is 0 Å². The maximum Gasteiger partial charge on any atom is 0.346 e. The standard InChI is InChI=1S/C10H11F5O2/c1-6(7(16)17)5-8(11)3-2-4-9(12,13)10(8,14)15/h5H,2-4H2,1H3,(H,16,17)/p-1. The lowest BCUT2D eigenvalue weighted by Crippen LogP contribution is -2.58. The molecular formula is C10H10F5O2-. The largest absolute Gasteiger partial charge is 0.545 e. The third kappa shape index (κ3) is 2.14. The second-order valence-electron chi connectivity index (χ2n) is 4.11. The van der Waals surface area contributed by atoms with Crippen molar-refractivity contribution in [3.05, 3.63) is 11.6 Å². The Morgan fingerprint density at radius 2 is 1.71 bits per heavy atom. The minimum atomic E-state index is -4.92. The number of carbonyl (C=O) groups is 1. The van der Waals surface area contributed by atoms with Crippen molar-refractivity contribution in [1.29, 1.82) is 0 Å². The second kappa shape index (κ2) is 3.96. The molecule has 0 aliphatic heterocycles. The van der Waals surface area contributed by atoms with E-state index in [0.29, 0.717) is 0 Å². The van der Waals surface area contributed by atoms with E-state index in [1.165, 1.54) is 0 Å². The number of alkyl halides is 5. The predicted molar refractivity (Wildman–Crippen MR) is 46.3 cm³/mol. The minimum Gasteiger partial charge on any atom is -0.545 e. The molecule has 0 aromatic heterocycles. The molecule has 0 aromatic carbocycles. The lowest BCUT2D eigenvalue weighted by Gasteiger charge is -2.40. The van der Waals surface area contributed by atoms with Gasteiger partial charge in [-0.05, 0) is 31.4 Å². The Bertz CT molecular complexity index is 364. The van der Waals surface area contributed by atoms with Crippen LogP contribution < -0.4 is 5.11 Å². The van der Waals surface area contributed by atoms with E-state index in [1.54, 1.807) is 0 Å². The first kappa shape index (κ1) is 13.9. The van der Waals surface area contributed by atoms with Crippen LogP contribution in [0, 0.1) is 0 Å². The van der Waals surface area contributed by atoms with E-state index in [0.717, 1.165) is 6.92 Å². The number of allylic oxidation sites excluding steroid dienone is 1. The highest BCUT2D eigenvalue weighted by atomic mass is 19.3. The van der Waals surface area contributed by atoms with Crippen LogP contribution in [0.15, 0.2) is 11.6 Å². The predicted octanol–water partition coefficient (Wildman–Crippen LogP) is 1.85. The normalized spacial score (nSPS) is 32.2. The Kier molecular flexibility index (Phi) is 3.24. The Morgan fingerprint density at radius 3 is 2.18 bits per heavy atom. The zero-order valence-electron chi connectivity index (χ0n) is 8.90. The van der Waals surface area contributed by atoms with E-state index in [2.05, 4.69) is 0 Å². The summed E-state index contributed by atoms with van der Waals surface area (Å²) in [5.74, 6) is -11.3. The second-order valence-corrected chi connectivity index (χ2v) is 4.11. The van der Waals surface area contributed by atoms with Crippen LogP contribution in [-0.2, 0) is 4.79 Å². The van der Waals surface area contributed by atoms with E-state index in [-0.39, 0.29) is 6.08 Å². The van der Waals surface area contributed by atoms with Gasteiger partial charge in [-0.25, -0.2) is 4.39 Å². The summed E-state index contributed by atoms with van der Waals surface area (Å²) in [5, 5.41) is 10.3. The molecule has 1 rings (SSSR count). The van der Waals surface area contributed by atoms with Crippen LogP contribution in [0.1, 0.15) is 26.2 Å². The van der Waals surface area contributed by atoms with Crippen molar-refractivity contribution >= 4 is 5.97 Å². The van der Waals surface area contributed by atoms with Gasteiger partial charge in [0.2, 0.25) is 0 Å². The van der Waals surface area contributed by atoms with Gasteiger partial charge >= 0.3 is 11.8 Å². The van der Waals surface area contributed by atoms with E-state index in [9.17, 15) is 31.9 Å². The summed E-state index contributed by atoms with van der Waals surface area (Å²) >= 11 is 0. The molecule has 0 radical (unpaired) electrons. The molecule has 98 valence electrons. The zero-order chi connectivity index (χ0) is 13.5. The van der Waals surface area contributed by atoms with Crippen LogP contribution in [-0.4, -0.2) is 23.5 Å². The lowest BCUT2D eigenvalue weighted by atomic mass is 9.79. The number of hydrogen-bond donors (Lipinski definition) is 0. The maximum absolute atomic E-state index is 13.9. The van der Waals surface area contributed by atoms with Crippen molar-refractivity contribution in [3.8, 4) is 0 Å². The minimum absolute atomic E-state index is 0.0232. The van der Waals surface area contributed by atoms with Crippen molar-refractivity contribution < 1.29 is 31.9 Å². The summed E-state index contributed by atoms with van der Waals surface area (Å²) < 4.78 is 66.3. The van der Waals surface area contributed by atoms with Gasteiger partial charge < -0.3 is 9.90 Å². The average Bonchev–Trinajstić information content (AvgIpc) is 2.14. The summed E-state index contributed by atoms with van der Waals surface area (Å²) in [6, 6.07) is 0. The van der Waals surface area contributed by atoms with Crippen molar-refractivity contribution in [1.82, 2.24) is 0 Å². The Balaban J connectivity index is 3.19. The van der Waals surface area contributed by atoms with Gasteiger partial charge in [-0.2, -0.15) is 17.6 Å². The molecule has 0 heterocycles. The van der Waals surface area contributed by atoms with Crippen molar-refractivity contribution in [2.45, 2.75) is 43.7 Å². The monoisotopic (exact) mass is 257 g/mol. The molecule has 1 atom stereocenters. The molecule has 1 aliphatic rings. The number of aliphatic carboxylic acids is 1. The van der Waals surface area contributed by atoms with Gasteiger partial charge in [-0.3, -0.25) is 0 Å². The molecule has 0 spiro atoms. The van der Waals surface area contributed by atoms with Gasteiger partial charge in [0, 0.05) is 6.42 Å². The average molecular weight is 257 g/mol. The van der Waals surface area contributed by atoms with Gasteiger partial charge in [-0.1, -0.05) is 0 Å². The van der Waals surface area contributed by atoms with Crippen LogP contribution in [0.25, 0.3) is 0 Å². The number of carboxylic acids is 1. The molecule has 1 fully saturated rings. The fourth-order valence-corrected chi connectivity index (χ4v) is 1.75.